The van der Waals surface area contributed by atoms with Crippen molar-refractivity contribution >= 4 is 39.6 Å². The summed E-state index contributed by atoms with van der Waals surface area (Å²) in [5.41, 5.74) is 4.33. The molecule has 0 spiro atoms. The van der Waals surface area contributed by atoms with Gasteiger partial charge in [-0.3, -0.25) is 19.4 Å². The first kappa shape index (κ1) is 20.7. The molecule has 1 saturated heterocycles. The maximum absolute atomic E-state index is 13.3. The van der Waals surface area contributed by atoms with Crippen molar-refractivity contribution in [2.75, 3.05) is 43.4 Å². The number of nitrogens with one attached hydrogen (secondary N) is 2. The lowest BCUT2D eigenvalue weighted by Gasteiger charge is -2.30. The standard InChI is InChI=1S/C13H14N4O.C9H10FN3/c18-9-10-1-2-11(17-7-5-14-6-8-17)13-12(10)15-3-4-16-13;1-11-7-3-6-5-13(2)12-9(6)8(10)4-7/h1-4,9,14H,5-8H2;3-5,11H,1-2H3. The monoisotopic (exact) mass is 421 g/mol. The normalized spacial score (nSPS) is 13.7. The fourth-order valence-corrected chi connectivity index (χ4v) is 3.68. The Bertz CT molecular complexity index is 1220. The van der Waals surface area contributed by atoms with Crippen LogP contribution in [0.15, 0.2) is 42.9 Å². The lowest BCUT2D eigenvalue weighted by atomic mass is 10.1. The van der Waals surface area contributed by atoms with Crippen molar-refractivity contribution in [1.82, 2.24) is 25.1 Å². The molecule has 0 aliphatic carbocycles. The fraction of sp³-hybridized carbons (Fsp3) is 0.273. The molecule has 0 saturated carbocycles. The van der Waals surface area contributed by atoms with E-state index in [-0.39, 0.29) is 5.82 Å². The maximum Gasteiger partial charge on any atom is 0.153 e. The zero-order valence-electron chi connectivity index (χ0n) is 17.5. The Kier molecular flexibility index (Phi) is 6.03. The van der Waals surface area contributed by atoms with Crippen molar-refractivity contribution in [3.63, 3.8) is 0 Å². The Balaban J connectivity index is 0.000000158. The third-order valence-corrected chi connectivity index (χ3v) is 5.18. The third kappa shape index (κ3) is 4.31. The zero-order chi connectivity index (χ0) is 21.8. The molecule has 2 aromatic carbocycles. The van der Waals surface area contributed by atoms with Crippen molar-refractivity contribution < 1.29 is 9.18 Å². The Hall–Kier alpha value is -3.59. The molecule has 1 aliphatic heterocycles. The van der Waals surface area contributed by atoms with E-state index in [0.717, 1.165) is 54.7 Å². The van der Waals surface area contributed by atoms with Crippen LogP contribution in [0.3, 0.4) is 0 Å². The van der Waals surface area contributed by atoms with Crippen LogP contribution in [0.4, 0.5) is 15.8 Å². The molecule has 0 atom stereocenters. The number of anilines is 2. The van der Waals surface area contributed by atoms with Gasteiger partial charge in [-0.1, -0.05) is 0 Å². The number of nitrogens with zero attached hydrogens (tertiary/aromatic N) is 5. The molecule has 2 N–H and O–H groups in total. The van der Waals surface area contributed by atoms with Crippen LogP contribution in [0.2, 0.25) is 0 Å². The number of hydrogen-bond donors (Lipinski definition) is 2. The summed E-state index contributed by atoms with van der Waals surface area (Å²) in [4.78, 5) is 21.9. The van der Waals surface area contributed by atoms with Gasteiger partial charge in [0, 0.05) is 75.5 Å². The van der Waals surface area contributed by atoms with Crippen LogP contribution in [0.25, 0.3) is 21.9 Å². The predicted octanol–water partition coefficient (Wildman–Crippen LogP) is 2.61. The Morgan fingerprint density at radius 3 is 2.55 bits per heavy atom. The second-order valence-electron chi connectivity index (χ2n) is 7.23. The molecule has 4 aromatic rings. The van der Waals surface area contributed by atoms with Crippen LogP contribution < -0.4 is 15.5 Å². The van der Waals surface area contributed by atoms with Crippen molar-refractivity contribution in [2.45, 2.75) is 0 Å². The number of halogens is 1. The maximum atomic E-state index is 13.3. The molecule has 31 heavy (non-hydrogen) atoms. The van der Waals surface area contributed by atoms with Crippen LogP contribution in [0.1, 0.15) is 10.4 Å². The summed E-state index contributed by atoms with van der Waals surface area (Å²) < 4.78 is 14.9. The second-order valence-corrected chi connectivity index (χ2v) is 7.23. The fourth-order valence-electron chi connectivity index (χ4n) is 3.68. The zero-order valence-corrected chi connectivity index (χ0v) is 17.5. The van der Waals surface area contributed by atoms with E-state index in [1.807, 2.05) is 18.2 Å². The molecule has 0 amide bonds. The van der Waals surface area contributed by atoms with Gasteiger partial charge in [-0.2, -0.15) is 5.10 Å². The van der Waals surface area contributed by atoms with Gasteiger partial charge in [0.1, 0.15) is 16.6 Å². The smallest absolute Gasteiger partial charge is 0.153 e. The highest BCUT2D eigenvalue weighted by molar-refractivity contribution is 5.99. The van der Waals surface area contributed by atoms with E-state index < -0.39 is 0 Å². The quantitative estimate of drug-likeness (QED) is 0.492. The first-order valence-corrected chi connectivity index (χ1v) is 10.1. The summed E-state index contributed by atoms with van der Waals surface area (Å²) in [6.07, 6.45) is 5.91. The molecular formula is C22H24FN7O. The number of fused-ring (bicyclic) bond motifs is 2. The predicted molar refractivity (Wildman–Crippen MR) is 120 cm³/mol. The van der Waals surface area contributed by atoms with E-state index in [4.69, 9.17) is 0 Å². The number of benzene rings is 2. The van der Waals surface area contributed by atoms with Gasteiger partial charge in [0.25, 0.3) is 0 Å². The van der Waals surface area contributed by atoms with Gasteiger partial charge in [0.05, 0.1) is 5.69 Å². The summed E-state index contributed by atoms with van der Waals surface area (Å²) in [5.74, 6) is -0.289. The largest absolute Gasteiger partial charge is 0.388 e. The number of rotatable bonds is 3. The molecule has 0 unspecified atom stereocenters. The summed E-state index contributed by atoms with van der Waals surface area (Å²) in [6, 6.07) is 7.09. The molecule has 3 heterocycles. The van der Waals surface area contributed by atoms with E-state index >= 15 is 0 Å². The molecule has 160 valence electrons. The van der Waals surface area contributed by atoms with Crippen molar-refractivity contribution in [2.24, 2.45) is 7.05 Å². The van der Waals surface area contributed by atoms with Crippen LogP contribution in [0.5, 0.6) is 0 Å². The molecular weight excluding hydrogens is 397 g/mol. The molecule has 8 nitrogen and oxygen atoms in total. The van der Waals surface area contributed by atoms with Gasteiger partial charge >= 0.3 is 0 Å². The number of aromatic nitrogens is 4. The topological polar surface area (TPSA) is 88.0 Å². The van der Waals surface area contributed by atoms with Crippen LogP contribution >= 0.6 is 0 Å². The molecule has 0 bridgehead atoms. The molecule has 0 radical (unpaired) electrons. The van der Waals surface area contributed by atoms with E-state index in [0.29, 0.717) is 16.6 Å². The van der Waals surface area contributed by atoms with E-state index in [9.17, 15) is 9.18 Å². The van der Waals surface area contributed by atoms with Crippen LogP contribution in [-0.2, 0) is 7.05 Å². The van der Waals surface area contributed by atoms with Gasteiger partial charge in [-0.15, -0.1) is 0 Å². The Labute approximate surface area is 179 Å². The van der Waals surface area contributed by atoms with Crippen LogP contribution in [0, 0.1) is 5.82 Å². The van der Waals surface area contributed by atoms with E-state index in [1.54, 1.807) is 37.4 Å². The van der Waals surface area contributed by atoms with Gasteiger partial charge in [-0.05, 0) is 24.3 Å². The number of carbonyl (C=O) groups excluding carboxylic acids is 1. The lowest BCUT2D eigenvalue weighted by molar-refractivity contribution is 0.112. The summed E-state index contributed by atoms with van der Waals surface area (Å²) >= 11 is 0. The first-order valence-electron chi connectivity index (χ1n) is 10.1. The van der Waals surface area contributed by atoms with Gasteiger partial charge in [0.15, 0.2) is 12.1 Å². The Morgan fingerprint density at radius 1 is 1.10 bits per heavy atom. The molecule has 2 aromatic heterocycles. The average molecular weight is 421 g/mol. The van der Waals surface area contributed by atoms with E-state index in [2.05, 4.69) is 30.6 Å². The van der Waals surface area contributed by atoms with Crippen molar-refractivity contribution in [3.8, 4) is 0 Å². The molecule has 1 fully saturated rings. The highest BCUT2D eigenvalue weighted by Crippen LogP contribution is 2.26. The average Bonchev–Trinajstić information content (AvgIpc) is 3.20. The number of carbonyl (C=O) groups is 1. The van der Waals surface area contributed by atoms with Gasteiger partial charge in [0.2, 0.25) is 0 Å². The summed E-state index contributed by atoms with van der Waals surface area (Å²) in [5, 5.41) is 11.0. The van der Waals surface area contributed by atoms with Gasteiger partial charge < -0.3 is 15.5 Å². The number of piperazine rings is 1. The molecule has 5 rings (SSSR count). The molecule has 9 heteroatoms. The minimum absolute atomic E-state index is 0.289. The van der Waals surface area contributed by atoms with E-state index in [1.165, 1.54) is 6.07 Å². The lowest BCUT2D eigenvalue weighted by Crippen LogP contribution is -2.43. The summed E-state index contributed by atoms with van der Waals surface area (Å²) in [7, 11) is 3.54. The highest BCUT2D eigenvalue weighted by Gasteiger charge is 2.15. The SMILES string of the molecule is CNc1cc(F)c2nn(C)cc2c1.O=Cc1ccc(N2CCNCC2)c2nccnc12. The van der Waals surface area contributed by atoms with Crippen LogP contribution in [-0.4, -0.2) is 59.3 Å². The minimum Gasteiger partial charge on any atom is -0.388 e. The van der Waals surface area contributed by atoms with Crippen molar-refractivity contribution in [3.05, 3.63) is 54.2 Å². The highest BCUT2D eigenvalue weighted by atomic mass is 19.1. The minimum atomic E-state index is -0.289. The summed E-state index contributed by atoms with van der Waals surface area (Å²) in [6.45, 7) is 3.84. The third-order valence-electron chi connectivity index (χ3n) is 5.18. The van der Waals surface area contributed by atoms with Crippen molar-refractivity contribution in [1.29, 1.82) is 0 Å². The number of aryl methyl sites for hydroxylation is 1. The molecule has 1 aliphatic rings. The van der Waals surface area contributed by atoms with Gasteiger partial charge in [-0.25, -0.2) is 4.39 Å². The number of aldehydes is 1. The Morgan fingerprint density at radius 2 is 1.84 bits per heavy atom. The first-order chi connectivity index (χ1) is 15.1. The number of hydrogen-bond acceptors (Lipinski definition) is 7. The second kappa shape index (κ2) is 9.05.